The molecule has 0 aliphatic carbocycles. The van der Waals surface area contributed by atoms with E-state index >= 15 is 0 Å². The maximum absolute atomic E-state index is 12.8. The number of sulfonamides is 1. The highest BCUT2D eigenvalue weighted by Crippen LogP contribution is 2.30. The van der Waals surface area contributed by atoms with Crippen LogP contribution < -0.4 is 10.0 Å². The van der Waals surface area contributed by atoms with E-state index in [4.69, 9.17) is 0 Å². The van der Waals surface area contributed by atoms with Crippen LogP contribution in [-0.2, 0) is 34.1 Å². The van der Waals surface area contributed by atoms with Gasteiger partial charge in [-0.1, -0.05) is 44.2 Å². The fourth-order valence-corrected chi connectivity index (χ4v) is 4.06. The highest BCUT2D eigenvalue weighted by Gasteiger charge is 2.31. The number of nitrogens with zero attached hydrogens (tertiary/aromatic N) is 1. The highest BCUT2D eigenvalue weighted by atomic mass is 32.2. The molecule has 0 unspecified atom stereocenters. The lowest BCUT2D eigenvalue weighted by Gasteiger charge is -2.18. The summed E-state index contributed by atoms with van der Waals surface area (Å²) in [6.45, 7) is 7.06. The molecule has 0 saturated heterocycles. The van der Waals surface area contributed by atoms with Crippen LogP contribution in [0.1, 0.15) is 37.0 Å². The van der Waals surface area contributed by atoms with Gasteiger partial charge in [-0.25, -0.2) is 13.1 Å². The zero-order valence-corrected chi connectivity index (χ0v) is 18.9. The third kappa shape index (κ3) is 7.92. The van der Waals surface area contributed by atoms with Gasteiger partial charge >= 0.3 is 6.18 Å². The minimum atomic E-state index is -4.64. The van der Waals surface area contributed by atoms with E-state index in [1.54, 1.807) is 0 Å². The zero-order chi connectivity index (χ0) is 23.8. The monoisotopic (exact) mass is 471 g/mol. The van der Waals surface area contributed by atoms with Gasteiger partial charge in [-0.05, 0) is 42.4 Å². The summed E-state index contributed by atoms with van der Waals surface area (Å²) in [5.74, 6) is -0.371. The number of hydrogen-bond donors (Lipinski definition) is 2. The highest BCUT2D eigenvalue weighted by molar-refractivity contribution is 7.89. The summed E-state index contributed by atoms with van der Waals surface area (Å²) in [6.07, 6.45) is -4.78. The molecule has 0 aromatic heterocycles. The molecule has 2 rings (SSSR count). The van der Waals surface area contributed by atoms with Gasteiger partial charge < -0.3 is 5.32 Å². The van der Waals surface area contributed by atoms with E-state index in [1.807, 2.05) is 24.3 Å². The molecule has 2 aromatic carbocycles. The van der Waals surface area contributed by atoms with Crippen molar-refractivity contribution < 1.29 is 26.4 Å². The quantitative estimate of drug-likeness (QED) is 0.526. The predicted molar refractivity (Wildman–Crippen MR) is 116 cm³/mol. The van der Waals surface area contributed by atoms with Crippen molar-refractivity contribution in [1.29, 1.82) is 0 Å². The van der Waals surface area contributed by atoms with E-state index in [-0.39, 0.29) is 18.9 Å². The fourth-order valence-electron chi connectivity index (χ4n) is 2.98. The van der Waals surface area contributed by atoms with Gasteiger partial charge in [0.1, 0.15) is 0 Å². The first kappa shape index (κ1) is 25.8. The molecule has 0 radical (unpaired) electrons. The van der Waals surface area contributed by atoms with Gasteiger partial charge in [-0.2, -0.15) is 13.2 Å². The molecule has 0 saturated carbocycles. The van der Waals surface area contributed by atoms with Crippen LogP contribution in [0.4, 0.5) is 13.2 Å². The largest absolute Gasteiger partial charge is 0.416 e. The third-order valence-electron chi connectivity index (χ3n) is 4.93. The van der Waals surface area contributed by atoms with E-state index in [0.29, 0.717) is 12.6 Å². The maximum atomic E-state index is 12.8. The van der Waals surface area contributed by atoms with Crippen molar-refractivity contribution in [3.63, 3.8) is 0 Å². The van der Waals surface area contributed by atoms with Crippen molar-refractivity contribution in [2.24, 2.45) is 0 Å². The molecule has 0 aliphatic heterocycles. The van der Waals surface area contributed by atoms with Crippen molar-refractivity contribution in [1.82, 2.24) is 14.9 Å². The minimum Gasteiger partial charge on any atom is -0.352 e. The second kappa shape index (κ2) is 11.4. The summed E-state index contributed by atoms with van der Waals surface area (Å²) in [7, 11) is -4.16. The summed E-state index contributed by atoms with van der Waals surface area (Å²) in [6, 6.07) is 11.3. The standard InChI is InChI=1S/C22H28F3N3O3S/c1-3-28(4-2)16-18-10-8-17(9-11-18)15-26-21(29)12-13-27-32(30,31)20-7-5-6-19(14-20)22(23,24)25/h5-11,14,27H,3-4,12-13,15-16H2,1-2H3,(H,26,29). The summed E-state index contributed by atoms with van der Waals surface area (Å²) in [5.41, 5.74) is 1.03. The Morgan fingerprint density at radius 1 is 1.00 bits per heavy atom. The van der Waals surface area contributed by atoms with E-state index in [0.717, 1.165) is 43.4 Å². The van der Waals surface area contributed by atoms with Crippen LogP contribution in [-0.4, -0.2) is 38.9 Å². The average molecular weight is 472 g/mol. The van der Waals surface area contributed by atoms with Crippen LogP contribution in [0, 0.1) is 0 Å². The first-order valence-electron chi connectivity index (χ1n) is 10.3. The van der Waals surface area contributed by atoms with Crippen LogP contribution in [0.3, 0.4) is 0 Å². The molecule has 0 aliphatic rings. The first-order valence-corrected chi connectivity index (χ1v) is 11.8. The van der Waals surface area contributed by atoms with E-state index in [2.05, 4.69) is 28.8 Å². The van der Waals surface area contributed by atoms with Crippen molar-refractivity contribution in [3.8, 4) is 0 Å². The van der Waals surface area contributed by atoms with Crippen LogP contribution in [0.5, 0.6) is 0 Å². The van der Waals surface area contributed by atoms with E-state index < -0.39 is 26.7 Å². The average Bonchev–Trinajstić information content (AvgIpc) is 2.76. The molecule has 0 spiro atoms. The number of amides is 1. The molecule has 0 bridgehead atoms. The van der Waals surface area contributed by atoms with Gasteiger partial charge in [0, 0.05) is 26.1 Å². The Bertz CT molecular complexity index is 989. The van der Waals surface area contributed by atoms with Crippen molar-refractivity contribution in [3.05, 3.63) is 65.2 Å². The SMILES string of the molecule is CCN(CC)Cc1ccc(CNC(=O)CCNS(=O)(=O)c2cccc(C(F)(F)F)c2)cc1. The van der Waals surface area contributed by atoms with Crippen LogP contribution >= 0.6 is 0 Å². The third-order valence-corrected chi connectivity index (χ3v) is 6.39. The number of rotatable bonds is 11. The molecular formula is C22H28F3N3O3S. The lowest BCUT2D eigenvalue weighted by atomic mass is 10.1. The van der Waals surface area contributed by atoms with Gasteiger partial charge in [-0.3, -0.25) is 9.69 Å². The molecule has 0 heterocycles. The van der Waals surface area contributed by atoms with Gasteiger partial charge in [0.25, 0.3) is 0 Å². The molecule has 2 N–H and O–H groups in total. The Balaban J connectivity index is 1.81. The topological polar surface area (TPSA) is 78.5 Å². The maximum Gasteiger partial charge on any atom is 0.416 e. The number of hydrogen-bond acceptors (Lipinski definition) is 4. The smallest absolute Gasteiger partial charge is 0.352 e. The Labute approximate surface area is 186 Å². The van der Waals surface area contributed by atoms with E-state index in [1.165, 1.54) is 5.56 Å². The predicted octanol–water partition coefficient (Wildman–Crippen LogP) is 3.53. The lowest BCUT2D eigenvalue weighted by Crippen LogP contribution is -2.30. The Kier molecular flexibility index (Phi) is 9.23. The summed E-state index contributed by atoms with van der Waals surface area (Å²) in [5, 5.41) is 2.70. The lowest BCUT2D eigenvalue weighted by molar-refractivity contribution is -0.137. The van der Waals surface area contributed by atoms with Crippen LogP contribution in [0.2, 0.25) is 0 Å². The second-order valence-electron chi connectivity index (χ2n) is 7.23. The number of carbonyl (C=O) groups is 1. The van der Waals surface area contributed by atoms with Gasteiger partial charge in [0.15, 0.2) is 0 Å². The van der Waals surface area contributed by atoms with Gasteiger partial charge in [0.2, 0.25) is 15.9 Å². The van der Waals surface area contributed by atoms with Crippen molar-refractivity contribution >= 4 is 15.9 Å². The molecule has 2 aromatic rings. The van der Waals surface area contributed by atoms with Gasteiger partial charge in [0.05, 0.1) is 10.5 Å². The fraction of sp³-hybridized carbons (Fsp3) is 0.409. The summed E-state index contributed by atoms with van der Waals surface area (Å²) in [4.78, 5) is 13.8. The number of nitrogens with one attached hydrogen (secondary N) is 2. The van der Waals surface area contributed by atoms with Gasteiger partial charge in [-0.15, -0.1) is 0 Å². The molecule has 1 amide bonds. The molecule has 176 valence electrons. The minimum absolute atomic E-state index is 0.141. The van der Waals surface area contributed by atoms with Crippen LogP contribution in [0.25, 0.3) is 0 Å². The molecule has 0 atom stereocenters. The van der Waals surface area contributed by atoms with Crippen molar-refractivity contribution in [2.45, 2.75) is 44.4 Å². The zero-order valence-electron chi connectivity index (χ0n) is 18.1. The first-order chi connectivity index (χ1) is 15.0. The molecule has 32 heavy (non-hydrogen) atoms. The molecule has 0 fully saturated rings. The Morgan fingerprint density at radius 3 is 2.22 bits per heavy atom. The number of alkyl halides is 3. The second-order valence-corrected chi connectivity index (χ2v) is 8.99. The van der Waals surface area contributed by atoms with Crippen molar-refractivity contribution in [2.75, 3.05) is 19.6 Å². The Hall–Kier alpha value is -2.43. The summed E-state index contributed by atoms with van der Waals surface area (Å²) < 4.78 is 64.9. The number of carbonyl (C=O) groups excluding carboxylic acids is 1. The normalized spacial score (nSPS) is 12.2. The number of halogens is 3. The van der Waals surface area contributed by atoms with Crippen LogP contribution in [0.15, 0.2) is 53.4 Å². The van der Waals surface area contributed by atoms with E-state index in [9.17, 15) is 26.4 Å². The molecule has 10 heteroatoms. The molecular weight excluding hydrogens is 443 g/mol. The summed E-state index contributed by atoms with van der Waals surface area (Å²) >= 11 is 0. The number of benzene rings is 2. The molecule has 6 nitrogen and oxygen atoms in total. The Morgan fingerprint density at radius 2 is 1.62 bits per heavy atom.